The molecule has 2 aromatic carbocycles. The van der Waals surface area contributed by atoms with E-state index < -0.39 is 4.92 Å². The minimum absolute atomic E-state index is 0.131. The molecule has 0 aliphatic heterocycles. The zero-order valence-electron chi connectivity index (χ0n) is 13.5. The highest BCUT2D eigenvalue weighted by Crippen LogP contribution is 2.31. The Morgan fingerprint density at radius 1 is 1.17 bits per heavy atom. The van der Waals surface area contributed by atoms with Crippen molar-refractivity contribution in [1.29, 1.82) is 0 Å². The molecule has 0 fully saturated rings. The molecule has 0 heterocycles. The zero-order chi connectivity index (χ0) is 17.5. The van der Waals surface area contributed by atoms with Gasteiger partial charge in [0.25, 0.3) is 11.6 Å². The van der Waals surface area contributed by atoms with Gasteiger partial charge in [0.05, 0.1) is 18.1 Å². The highest BCUT2D eigenvalue weighted by atomic mass is 16.6. The van der Waals surface area contributed by atoms with Gasteiger partial charge in [-0.15, -0.1) is 0 Å². The molecule has 0 atom stereocenters. The Kier molecular flexibility index (Phi) is 5.73. The maximum Gasteiger partial charge on any atom is 0.273 e. The first-order chi connectivity index (χ1) is 11.6. The van der Waals surface area contributed by atoms with Crippen molar-refractivity contribution in [3.05, 3.63) is 58.6 Å². The summed E-state index contributed by atoms with van der Waals surface area (Å²) in [6, 6.07) is 13.2. The predicted molar refractivity (Wildman–Crippen MR) is 89.6 cm³/mol. The van der Waals surface area contributed by atoms with Crippen molar-refractivity contribution < 1.29 is 19.2 Å². The fraction of sp³-hybridized carbons (Fsp3) is 0.235. The normalized spacial score (nSPS) is 10.1. The predicted octanol–water partition coefficient (Wildman–Crippen LogP) is 3.04. The molecule has 2 aromatic rings. The molecule has 2 rings (SSSR count). The van der Waals surface area contributed by atoms with E-state index in [9.17, 15) is 14.9 Å². The summed E-state index contributed by atoms with van der Waals surface area (Å²) in [5.74, 6) is 0.234. The third-order valence-electron chi connectivity index (χ3n) is 3.39. The Morgan fingerprint density at radius 2 is 1.88 bits per heavy atom. The van der Waals surface area contributed by atoms with Gasteiger partial charge < -0.3 is 14.4 Å². The average molecular weight is 330 g/mol. The van der Waals surface area contributed by atoms with Gasteiger partial charge in [-0.25, -0.2) is 0 Å². The van der Waals surface area contributed by atoms with Gasteiger partial charge in [-0.3, -0.25) is 14.9 Å². The number of ether oxygens (including phenoxy) is 2. The number of rotatable bonds is 7. The van der Waals surface area contributed by atoms with Gasteiger partial charge in [-0.05, 0) is 25.1 Å². The number of anilines is 1. The van der Waals surface area contributed by atoms with Crippen molar-refractivity contribution >= 4 is 17.3 Å². The third kappa shape index (κ3) is 4.01. The smallest absolute Gasteiger partial charge is 0.273 e. The van der Waals surface area contributed by atoms with E-state index in [1.807, 2.05) is 37.3 Å². The first-order valence-electron chi connectivity index (χ1n) is 7.37. The van der Waals surface area contributed by atoms with Gasteiger partial charge in [-0.1, -0.05) is 18.2 Å². The molecule has 0 bridgehead atoms. The van der Waals surface area contributed by atoms with Crippen molar-refractivity contribution in [2.45, 2.75) is 6.92 Å². The fourth-order valence-electron chi connectivity index (χ4n) is 2.22. The molecule has 0 spiro atoms. The molecular formula is C17H18N2O5. The van der Waals surface area contributed by atoms with Crippen LogP contribution in [0.15, 0.2) is 48.5 Å². The van der Waals surface area contributed by atoms with Gasteiger partial charge in [0.1, 0.15) is 0 Å². The summed E-state index contributed by atoms with van der Waals surface area (Å²) in [6.45, 7) is 2.09. The van der Waals surface area contributed by atoms with E-state index in [1.165, 1.54) is 25.3 Å². The number of para-hydroxylation sites is 1. The Hall–Kier alpha value is -3.09. The van der Waals surface area contributed by atoms with Crippen LogP contribution in [0, 0.1) is 10.1 Å². The number of nitro benzene ring substituents is 1. The molecule has 0 saturated heterocycles. The second-order valence-corrected chi connectivity index (χ2v) is 4.85. The summed E-state index contributed by atoms with van der Waals surface area (Å²) in [5.41, 5.74) is 0.633. The Morgan fingerprint density at radius 3 is 2.46 bits per heavy atom. The van der Waals surface area contributed by atoms with E-state index in [1.54, 1.807) is 4.90 Å². The van der Waals surface area contributed by atoms with Crippen LogP contribution < -0.4 is 14.4 Å². The first kappa shape index (κ1) is 17.3. The molecule has 0 aliphatic carbocycles. The average Bonchev–Trinajstić information content (AvgIpc) is 2.61. The molecule has 0 saturated carbocycles. The summed E-state index contributed by atoms with van der Waals surface area (Å²) < 4.78 is 10.6. The van der Waals surface area contributed by atoms with Crippen molar-refractivity contribution in [2.24, 2.45) is 0 Å². The lowest BCUT2D eigenvalue weighted by molar-refractivity contribution is -0.385. The summed E-state index contributed by atoms with van der Waals surface area (Å²) >= 11 is 0. The lowest BCUT2D eigenvalue weighted by Crippen LogP contribution is -2.34. The lowest BCUT2D eigenvalue weighted by atomic mass is 10.2. The van der Waals surface area contributed by atoms with Crippen molar-refractivity contribution in [3.63, 3.8) is 0 Å². The van der Waals surface area contributed by atoms with Crippen LogP contribution in [0.2, 0.25) is 0 Å². The number of benzene rings is 2. The van der Waals surface area contributed by atoms with Gasteiger partial charge in [-0.2, -0.15) is 0 Å². The number of carbonyl (C=O) groups excluding carboxylic acids is 1. The molecule has 0 N–H and O–H groups in total. The zero-order valence-corrected chi connectivity index (χ0v) is 13.5. The summed E-state index contributed by atoms with van der Waals surface area (Å²) in [5, 5.41) is 10.9. The van der Waals surface area contributed by atoms with Gasteiger partial charge in [0.15, 0.2) is 18.1 Å². The van der Waals surface area contributed by atoms with Crippen LogP contribution in [-0.2, 0) is 4.79 Å². The van der Waals surface area contributed by atoms with Crippen LogP contribution in [0.4, 0.5) is 11.4 Å². The van der Waals surface area contributed by atoms with Gasteiger partial charge in [0, 0.05) is 18.3 Å². The molecule has 0 unspecified atom stereocenters. The Balaban J connectivity index is 2.13. The number of likely N-dealkylation sites (N-methyl/N-ethyl adjacent to an activating group) is 1. The second kappa shape index (κ2) is 7.96. The van der Waals surface area contributed by atoms with Crippen molar-refractivity contribution in [3.8, 4) is 11.5 Å². The maximum atomic E-state index is 12.4. The summed E-state index contributed by atoms with van der Waals surface area (Å²) in [6.07, 6.45) is 0. The largest absolute Gasteiger partial charge is 0.493 e. The van der Waals surface area contributed by atoms with E-state index in [0.29, 0.717) is 12.3 Å². The van der Waals surface area contributed by atoms with E-state index in [0.717, 1.165) is 5.69 Å². The van der Waals surface area contributed by atoms with E-state index in [4.69, 9.17) is 9.47 Å². The SMILES string of the molecule is CCN(C(=O)COc1cc([N+](=O)[O-])ccc1OC)c1ccccc1. The third-order valence-corrected chi connectivity index (χ3v) is 3.39. The highest BCUT2D eigenvalue weighted by molar-refractivity contribution is 5.94. The molecule has 24 heavy (non-hydrogen) atoms. The van der Waals surface area contributed by atoms with E-state index in [2.05, 4.69) is 0 Å². The van der Waals surface area contributed by atoms with Crippen LogP contribution in [0.3, 0.4) is 0 Å². The number of non-ortho nitro benzene ring substituents is 1. The molecule has 0 aromatic heterocycles. The lowest BCUT2D eigenvalue weighted by Gasteiger charge is -2.21. The van der Waals surface area contributed by atoms with E-state index >= 15 is 0 Å². The number of nitrogens with zero attached hydrogens (tertiary/aromatic N) is 2. The summed E-state index contributed by atoms with van der Waals surface area (Å²) in [7, 11) is 1.43. The number of amides is 1. The molecule has 126 valence electrons. The van der Waals surface area contributed by atoms with Crippen LogP contribution in [-0.4, -0.2) is 31.1 Å². The minimum atomic E-state index is -0.531. The quantitative estimate of drug-likeness (QED) is 0.576. The number of carbonyl (C=O) groups is 1. The molecule has 1 amide bonds. The van der Waals surface area contributed by atoms with Crippen molar-refractivity contribution in [1.82, 2.24) is 0 Å². The highest BCUT2D eigenvalue weighted by Gasteiger charge is 2.17. The molecule has 7 heteroatoms. The monoisotopic (exact) mass is 330 g/mol. The van der Waals surface area contributed by atoms with Crippen LogP contribution in [0.25, 0.3) is 0 Å². The summed E-state index contributed by atoms with van der Waals surface area (Å²) in [4.78, 5) is 24.3. The maximum absolute atomic E-state index is 12.4. The van der Waals surface area contributed by atoms with Crippen molar-refractivity contribution in [2.75, 3.05) is 25.2 Å². The van der Waals surface area contributed by atoms with Gasteiger partial charge in [0.2, 0.25) is 0 Å². The molecular weight excluding hydrogens is 312 g/mol. The number of hydrogen-bond donors (Lipinski definition) is 0. The number of hydrogen-bond acceptors (Lipinski definition) is 5. The second-order valence-electron chi connectivity index (χ2n) is 4.85. The molecule has 0 aliphatic rings. The molecule has 0 radical (unpaired) electrons. The van der Waals surface area contributed by atoms with Crippen LogP contribution >= 0.6 is 0 Å². The van der Waals surface area contributed by atoms with Gasteiger partial charge >= 0.3 is 0 Å². The number of methoxy groups -OCH3 is 1. The van der Waals surface area contributed by atoms with Crippen LogP contribution in [0.1, 0.15) is 6.92 Å². The Labute approximate surface area is 139 Å². The number of nitro groups is 1. The fourth-order valence-corrected chi connectivity index (χ4v) is 2.22. The van der Waals surface area contributed by atoms with E-state index in [-0.39, 0.29) is 24.0 Å². The van der Waals surface area contributed by atoms with Crippen LogP contribution in [0.5, 0.6) is 11.5 Å². The molecule has 7 nitrogen and oxygen atoms in total. The Bertz CT molecular complexity index is 718. The standard InChI is InChI=1S/C17H18N2O5/c1-3-18(13-7-5-4-6-8-13)17(20)12-24-16-11-14(19(21)22)9-10-15(16)23-2/h4-11H,3,12H2,1-2H3. The topological polar surface area (TPSA) is 81.9 Å². The minimum Gasteiger partial charge on any atom is -0.493 e. The first-order valence-corrected chi connectivity index (χ1v) is 7.37.